The van der Waals surface area contributed by atoms with E-state index in [1.807, 2.05) is 35.2 Å². The molecule has 1 saturated carbocycles. The number of likely N-dealkylation sites (tertiary alicyclic amines) is 2. The predicted octanol–water partition coefficient (Wildman–Crippen LogP) is 2.15. The van der Waals surface area contributed by atoms with Gasteiger partial charge in [-0.15, -0.1) is 0 Å². The fourth-order valence-corrected chi connectivity index (χ4v) is 4.88. The Kier molecular flexibility index (Phi) is 5.18. The maximum absolute atomic E-state index is 12.5. The highest BCUT2D eigenvalue weighted by atomic mass is 16.5. The van der Waals surface area contributed by atoms with Gasteiger partial charge in [-0.05, 0) is 43.2 Å². The van der Waals surface area contributed by atoms with Crippen LogP contribution in [0.1, 0.15) is 32.1 Å². The van der Waals surface area contributed by atoms with Gasteiger partial charge in [0.25, 0.3) is 5.91 Å². The van der Waals surface area contributed by atoms with Crippen LogP contribution in [0.3, 0.4) is 0 Å². The van der Waals surface area contributed by atoms with Crippen molar-refractivity contribution in [2.45, 2.75) is 38.1 Å². The molecule has 1 amide bonds. The number of nitrogens with zero attached hydrogens (tertiary/aromatic N) is 2. The van der Waals surface area contributed by atoms with Crippen molar-refractivity contribution in [2.75, 3.05) is 39.4 Å². The molecule has 142 valence electrons. The first-order valence-corrected chi connectivity index (χ1v) is 10.0. The van der Waals surface area contributed by atoms with Crippen LogP contribution >= 0.6 is 0 Å². The van der Waals surface area contributed by atoms with Gasteiger partial charge in [-0.25, -0.2) is 0 Å². The van der Waals surface area contributed by atoms with Crippen LogP contribution in [0.2, 0.25) is 0 Å². The van der Waals surface area contributed by atoms with Gasteiger partial charge >= 0.3 is 0 Å². The predicted molar refractivity (Wildman–Crippen MR) is 100.0 cm³/mol. The highest BCUT2D eigenvalue weighted by Crippen LogP contribution is 2.46. The first kappa shape index (κ1) is 17.8. The minimum absolute atomic E-state index is 0.0677. The van der Waals surface area contributed by atoms with E-state index in [1.165, 1.54) is 19.3 Å². The Labute approximate surface area is 155 Å². The second kappa shape index (κ2) is 7.57. The molecular formula is C21H30N2O3. The third kappa shape index (κ3) is 3.47. The van der Waals surface area contributed by atoms with Crippen LogP contribution in [0, 0.1) is 11.3 Å². The van der Waals surface area contributed by atoms with Crippen molar-refractivity contribution in [3.8, 4) is 5.75 Å². The van der Waals surface area contributed by atoms with Gasteiger partial charge in [-0.3, -0.25) is 9.69 Å². The van der Waals surface area contributed by atoms with Gasteiger partial charge < -0.3 is 14.7 Å². The molecule has 0 radical (unpaired) electrons. The van der Waals surface area contributed by atoms with Crippen LogP contribution in [0.5, 0.6) is 5.75 Å². The van der Waals surface area contributed by atoms with Gasteiger partial charge in [0.2, 0.25) is 0 Å². The lowest BCUT2D eigenvalue weighted by Gasteiger charge is -2.43. The molecule has 2 heterocycles. The van der Waals surface area contributed by atoms with Crippen LogP contribution in [-0.4, -0.2) is 66.2 Å². The Morgan fingerprint density at radius 3 is 2.54 bits per heavy atom. The lowest BCUT2D eigenvalue weighted by Crippen LogP contribution is -2.48. The quantitative estimate of drug-likeness (QED) is 0.876. The van der Waals surface area contributed by atoms with E-state index in [0.717, 1.165) is 50.8 Å². The number of piperidine rings is 1. The van der Waals surface area contributed by atoms with Crippen molar-refractivity contribution in [3.63, 3.8) is 0 Å². The summed E-state index contributed by atoms with van der Waals surface area (Å²) in [6, 6.07) is 10.2. The largest absolute Gasteiger partial charge is 0.484 e. The van der Waals surface area contributed by atoms with E-state index >= 15 is 0 Å². The molecular weight excluding hydrogens is 328 g/mol. The molecule has 1 atom stereocenters. The molecule has 1 unspecified atom stereocenters. The number of ether oxygens (including phenoxy) is 1. The summed E-state index contributed by atoms with van der Waals surface area (Å²) in [6.07, 6.45) is 5.98. The van der Waals surface area contributed by atoms with Crippen LogP contribution in [-0.2, 0) is 4.79 Å². The number of carbonyl (C=O) groups excluding carboxylic acids is 1. The molecule has 2 saturated heterocycles. The first-order chi connectivity index (χ1) is 12.7. The summed E-state index contributed by atoms with van der Waals surface area (Å²) in [5.41, 5.74) is 0.196. The minimum atomic E-state index is 0.0677. The van der Waals surface area contributed by atoms with E-state index in [0.29, 0.717) is 5.92 Å². The number of para-hydroxylation sites is 1. The molecule has 2 aliphatic heterocycles. The average Bonchev–Trinajstić information content (AvgIpc) is 2.97. The lowest BCUT2D eigenvalue weighted by molar-refractivity contribution is -0.136. The summed E-state index contributed by atoms with van der Waals surface area (Å²) in [5.74, 6) is 1.17. The van der Waals surface area contributed by atoms with E-state index in [4.69, 9.17) is 4.74 Å². The smallest absolute Gasteiger partial charge is 0.260 e. The maximum Gasteiger partial charge on any atom is 0.260 e. The number of carbonyl (C=O) groups is 1. The zero-order valence-corrected chi connectivity index (χ0v) is 15.5. The highest BCUT2D eigenvalue weighted by Gasteiger charge is 2.49. The molecule has 1 aromatic carbocycles. The monoisotopic (exact) mass is 358 g/mol. The van der Waals surface area contributed by atoms with Crippen LogP contribution < -0.4 is 4.74 Å². The summed E-state index contributed by atoms with van der Waals surface area (Å²) >= 11 is 0. The Hall–Kier alpha value is -1.59. The van der Waals surface area contributed by atoms with Crippen molar-refractivity contribution in [2.24, 2.45) is 11.3 Å². The van der Waals surface area contributed by atoms with Crippen molar-refractivity contribution in [1.82, 2.24) is 9.80 Å². The normalized spacial score (nSPS) is 26.0. The van der Waals surface area contributed by atoms with E-state index in [1.54, 1.807) is 0 Å². The average molecular weight is 358 g/mol. The van der Waals surface area contributed by atoms with E-state index < -0.39 is 0 Å². The molecule has 1 aliphatic carbocycles. The lowest BCUT2D eigenvalue weighted by atomic mass is 9.71. The molecule has 26 heavy (non-hydrogen) atoms. The van der Waals surface area contributed by atoms with Gasteiger partial charge in [0.15, 0.2) is 6.61 Å². The molecule has 5 nitrogen and oxygen atoms in total. The Morgan fingerprint density at radius 2 is 1.92 bits per heavy atom. The van der Waals surface area contributed by atoms with Crippen molar-refractivity contribution in [1.29, 1.82) is 0 Å². The SMILES string of the molecule is O=C(COc1ccccc1)N1CCC2(CC1)CN(C1CCC1)CC2CO. The summed E-state index contributed by atoms with van der Waals surface area (Å²) in [6.45, 7) is 4.08. The van der Waals surface area contributed by atoms with Gasteiger partial charge in [-0.1, -0.05) is 24.6 Å². The molecule has 0 bridgehead atoms. The van der Waals surface area contributed by atoms with Crippen LogP contribution in [0.4, 0.5) is 0 Å². The molecule has 5 heteroatoms. The number of aliphatic hydroxyl groups excluding tert-OH is 1. The molecule has 3 fully saturated rings. The van der Waals surface area contributed by atoms with Crippen molar-refractivity contribution in [3.05, 3.63) is 30.3 Å². The standard InChI is InChI=1S/C21H30N2O3/c24-14-17-13-23(18-5-4-6-18)16-21(17)9-11-22(12-10-21)20(25)15-26-19-7-2-1-3-8-19/h1-3,7-8,17-18,24H,4-6,9-16H2. The minimum Gasteiger partial charge on any atom is -0.484 e. The molecule has 4 rings (SSSR count). The van der Waals surface area contributed by atoms with Crippen molar-refractivity contribution < 1.29 is 14.6 Å². The Balaban J connectivity index is 1.30. The summed E-state index contributed by atoms with van der Waals surface area (Å²) < 4.78 is 5.61. The van der Waals surface area contributed by atoms with E-state index in [2.05, 4.69) is 4.90 Å². The number of rotatable bonds is 5. The molecule has 1 N–H and O–H groups in total. The van der Waals surface area contributed by atoms with Crippen molar-refractivity contribution >= 4 is 5.91 Å². The highest BCUT2D eigenvalue weighted by molar-refractivity contribution is 5.77. The molecule has 0 aromatic heterocycles. The fourth-order valence-electron chi connectivity index (χ4n) is 4.88. The zero-order chi connectivity index (χ0) is 18.0. The van der Waals surface area contributed by atoms with Crippen LogP contribution in [0.15, 0.2) is 30.3 Å². The van der Waals surface area contributed by atoms with E-state index in [9.17, 15) is 9.90 Å². The first-order valence-electron chi connectivity index (χ1n) is 10.0. The second-order valence-electron chi connectivity index (χ2n) is 8.24. The molecule has 1 spiro atoms. The number of benzene rings is 1. The third-order valence-corrected chi connectivity index (χ3v) is 6.87. The van der Waals surface area contributed by atoms with Gasteiger partial charge in [-0.2, -0.15) is 0 Å². The second-order valence-corrected chi connectivity index (χ2v) is 8.24. The van der Waals surface area contributed by atoms with Crippen LogP contribution in [0.25, 0.3) is 0 Å². The summed E-state index contributed by atoms with van der Waals surface area (Å²) in [7, 11) is 0. The summed E-state index contributed by atoms with van der Waals surface area (Å²) in [4.78, 5) is 17.0. The van der Waals surface area contributed by atoms with Gasteiger partial charge in [0.1, 0.15) is 5.75 Å². The van der Waals surface area contributed by atoms with Gasteiger partial charge in [0, 0.05) is 44.7 Å². The number of aliphatic hydroxyl groups is 1. The maximum atomic E-state index is 12.5. The zero-order valence-electron chi connectivity index (χ0n) is 15.5. The van der Waals surface area contributed by atoms with Gasteiger partial charge in [0.05, 0.1) is 0 Å². The number of hydrogen-bond donors (Lipinski definition) is 1. The topological polar surface area (TPSA) is 53.0 Å². The Bertz CT molecular complexity index is 609. The number of amides is 1. The molecule has 3 aliphatic rings. The van der Waals surface area contributed by atoms with E-state index in [-0.39, 0.29) is 24.5 Å². The Morgan fingerprint density at radius 1 is 1.19 bits per heavy atom. The fraction of sp³-hybridized carbons (Fsp3) is 0.667. The summed E-state index contributed by atoms with van der Waals surface area (Å²) in [5, 5.41) is 9.93. The number of hydrogen-bond acceptors (Lipinski definition) is 4. The third-order valence-electron chi connectivity index (χ3n) is 6.87. The molecule has 1 aromatic rings.